The fraction of sp³-hybridized carbons (Fsp3) is 0.394. The van der Waals surface area contributed by atoms with Crippen molar-refractivity contribution in [2.45, 2.75) is 32.5 Å². The standard InChI is InChI=1S/C33H37ClN2O5/c1-35-31(32(37)27-16-19-36-17-14-24(27)15-18-36)28-12-13-29(40-20-22-4-8-25(38-2)9-5-22)33(30(28)34)41-21-23-6-10-26(39-3)11-7-23/h4-13,24,27H,14-21H2,1-3H3. The summed E-state index contributed by atoms with van der Waals surface area (Å²) in [6, 6.07) is 19.0. The van der Waals surface area contributed by atoms with Gasteiger partial charge in [-0.15, -0.1) is 0 Å². The second-order valence-corrected chi connectivity index (χ2v) is 10.9. The average molecular weight is 577 g/mol. The van der Waals surface area contributed by atoms with Gasteiger partial charge in [0.1, 0.15) is 30.4 Å². The van der Waals surface area contributed by atoms with E-state index in [0.29, 0.717) is 40.3 Å². The number of benzene rings is 3. The van der Waals surface area contributed by atoms with E-state index in [-0.39, 0.29) is 18.3 Å². The molecular formula is C33H37ClN2O5. The summed E-state index contributed by atoms with van der Waals surface area (Å²) >= 11 is 7.03. The zero-order valence-electron chi connectivity index (χ0n) is 23.9. The number of carbonyl (C=O) groups excluding carboxylic acids is 1. The maximum atomic E-state index is 13.9. The van der Waals surface area contributed by atoms with Crippen LogP contribution >= 0.6 is 11.6 Å². The van der Waals surface area contributed by atoms with E-state index in [1.165, 1.54) is 0 Å². The minimum absolute atomic E-state index is 0.0491. The van der Waals surface area contributed by atoms with Crippen molar-refractivity contribution in [1.82, 2.24) is 4.90 Å². The van der Waals surface area contributed by atoms with E-state index in [9.17, 15) is 4.79 Å². The molecule has 0 saturated carbocycles. The predicted molar refractivity (Wildman–Crippen MR) is 161 cm³/mol. The average Bonchev–Trinajstić information content (AvgIpc) is 3.35. The summed E-state index contributed by atoms with van der Waals surface area (Å²) in [6.45, 7) is 3.66. The van der Waals surface area contributed by atoms with Crippen LogP contribution in [-0.4, -0.2) is 57.3 Å². The van der Waals surface area contributed by atoms with Crippen LogP contribution in [0.2, 0.25) is 5.02 Å². The minimum atomic E-state index is -0.0491. The second-order valence-electron chi connectivity index (χ2n) is 10.5. The first-order valence-corrected chi connectivity index (χ1v) is 14.5. The van der Waals surface area contributed by atoms with Crippen LogP contribution in [0.1, 0.15) is 36.0 Å². The van der Waals surface area contributed by atoms with Crippen molar-refractivity contribution in [2.24, 2.45) is 16.8 Å². The molecular weight excluding hydrogens is 540 g/mol. The summed E-state index contributed by atoms with van der Waals surface area (Å²) in [5.74, 6) is 2.82. The monoisotopic (exact) mass is 576 g/mol. The summed E-state index contributed by atoms with van der Waals surface area (Å²) in [5, 5.41) is 0.321. The molecule has 0 radical (unpaired) electrons. The van der Waals surface area contributed by atoms with Crippen LogP contribution in [0, 0.1) is 11.8 Å². The SMILES string of the molecule is CN=C(C(=O)C1CCN2CCC1CC2)c1ccc(OCc2ccc(OC)cc2)c(OCc2ccc(OC)cc2)c1Cl. The van der Waals surface area contributed by atoms with Gasteiger partial charge < -0.3 is 23.8 Å². The van der Waals surface area contributed by atoms with E-state index in [1.807, 2.05) is 60.7 Å². The summed E-state index contributed by atoms with van der Waals surface area (Å²) in [7, 11) is 4.93. The van der Waals surface area contributed by atoms with Crippen LogP contribution in [0.4, 0.5) is 0 Å². The van der Waals surface area contributed by atoms with Gasteiger partial charge in [-0.25, -0.2) is 0 Å². The van der Waals surface area contributed by atoms with E-state index in [2.05, 4.69) is 9.89 Å². The van der Waals surface area contributed by atoms with Gasteiger partial charge in [0.15, 0.2) is 17.3 Å². The van der Waals surface area contributed by atoms with Crippen LogP contribution in [0.25, 0.3) is 0 Å². The zero-order chi connectivity index (χ0) is 28.8. The van der Waals surface area contributed by atoms with Gasteiger partial charge in [0.25, 0.3) is 0 Å². The molecule has 0 N–H and O–H groups in total. The van der Waals surface area contributed by atoms with Crippen molar-refractivity contribution in [3.8, 4) is 23.0 Å². The van der Waals surface area contributed by atoms with E-state index >= 15 is 0 Å². The fourth-order valence-corrected chi connectivity index (χ4v) is 6.05. The topological polar surface area (TPSA) is 69.6 Å². The third-order valence-corrected chi connectivity index (χ3v) is 8.54. The summed E-state index contributed by atoms with van der Waals surface area (Å²) in [6.07, 6.45) is 2.95. The lowest BCUT2D eigenvalue weighted by atomic mass is 9.80. The van der Waals surface area contributed by atoms with Crippen LogP contribution in [0.5, 0.6) is 23.0 Å². The number of nitrogens with zero attached hydrogens (tertiary/aromatic N) is 2. The van der Waals surface area contributed by atoms with Crippen LogP contribution in [0.15, 0.2) is 65.7 Å². The smallest absolute Gasteiger partial charge is 0.184 e. The highest BCUT2D eigenvalue weighted by Crippen LogP contribution is 2.41. The molecule has 8 heteroatoms. The molecule has 6 rings (SSSR count). The Labute approximate surface area is 247 Å². The number of fused-ring (bicyclic) bond motifs is 4. The highest BCUT2D eigenvalue weighted by Gasteiger charge is 2.37. The number of Topliss-reactive ketones (excluding diaryl/α,β-unsaturated/α-hetero) is 1. The van der Waals surface area contributed by atoms with Crippen LogP contribution in [0.3, 0.4) is 0 Å². The highest BCUT2D eigenvalue weighted by atomic mass is 35.5. The Kier molecular flexibility index (Phi) is 9.47. The lowest BCUT2D eigenvalue weighted by Gasteiger charge is -2.28. The van der Waals surface area contributed by atoms with Crippen LogP contribution < -0.4 is 18.9 Å². The van der Waals surface area contributed by atoms with Gasteiger partial charge >= 0.3 is 0 Å². The molecule has 3 heterocycles. The van der Waals surface area contributed by atoms with Crippen molar-refractivity contribution in [1.29, 1.82) is 0 Å². The number of rotatable bonds is 11. The van der Waals surface area contributed by atoms with Crippen molar-refractivity contribution in [2.75, 3.05) is 40.9 Å². The molecule has 3 aromatic carbocycles. The number of carbonyl (C=O) groups is 1. The fourth-order valence-electron chi connectivity index (χ4n) is 5.75. The van der Waals surface area contributed by atoms with E-state index in [4.69, 9.17) is 30.5 Å². The summed E-state index contributed by atoms with van der Waals surface area (Å²) < 4.78 is 23.0. The molecule has 0 amide bonds. The molecule has 1 unspecified atom stereocenters. The number of hydrogen-bond acceptors (Lipinski definition) is 7. The molecule has 216 valence electrons. The number of hydrogen-bond donors (Lipinski definition) is 0. The molecule has 1 atom stereocenters. The molecule has 0 aromatic heterocycles. The lowest BCUT2D eigenvalue weighted by molar-refractivity contribution is -0.118. The number of ether oxygens (including phenoxy) is 4. The van der Waals surface area contributed by atoms with Crippen molar-refractivity contribution < 1.29 is 23.7 Å². The predicted octanol–water partition coefficient (Wildman–Crippen LogP) is 6.24. The molecule has 2 bridgehead atoms. The van der Waals surface area contributed by atoms with Gasteiger partial charge in [-0.05, 0) is 92.3 Å². The van der Waals surface area contributed by atoms with E-state index in [1.54, 1.807) is 21.3 Å². The largest absolute Gasteiger partial charge is 0.497 e. The van der Waals surface area contributed by atoms with Gasteiger partial charge in [-0.3, -0.25) is 9.79 Å². The van der Waals surface area contributed by atoms with Crippen molar-refractivity contribution in [3.05, 3.63) is 82.4 Å². The Bertz CT molecular complexity index is 1370. The molecule has 41 heavy (non-hydrogen) atoms. The number of methoxy groups -OCH3 is 2. The van der Waals surface area contributed by atoms with Gasteiger partial charge in [0, 0.05) is 18.5 Å². The highest BCUT2D eigenvalue weighted by molar-refractivity contribution is 6.50. The summed E-state index contributed by atoms with van der Waals surface area (Å²) in [5.41, 5.74) is 2.88. The van der Waals surface area contributed by atoms with Gasteiger partial charge in [0.2, 0.25) is 0 Å². The third-order valence-electron chi connectivity index (χ3n) is 8.16. The molecule has 0 aliphatic carbocycles. The molecule has 0 spiro atoms. The number of ketones is 1. The molecule has 3 aromatic rings. The molecule has 3 saturated heterocycles. The summed E-state index contributed by atoms with van der Waals surface area (Å²) in [4.78, 5) is 20.8. The maximum absolute atomic E-state index is 13.9. The Morgan fingerprint density at radius 1 is 0.829 bits per heavy atom. The quantitative estimate of drug-likeness (QED) is 0.252. The van der Waals surface area contributed by atoms with Gasteiger partial charge in [-0.2, -0.15) is 0 Å². The zero-order valence-corrected chi connectivity index (χ0v) is 24.7. The normalized spacial score (nSPS) is 20.3. The number of aliphatic imine (C=N–C) groups is 1. The van der Waals surface area contributed by atoms with E-state index < -0.39 is 0 Å². The van der Waals surface area contributed by atoms with Crippen molar-refractivity contribution in [3.63, 3.8) is 0 Å². The lowest BCUT2D eigenvalue weighted by Crippen LogP contribution is -2.33. The number of piperidine rings is 1. The molecule has 3 aliphatic rings. The maximum Gasteiger partial charge on any atom is 0.184 e. The minimum Gasteiger partial charge on any atom is -0.497 e. The Morgan fingerprint density at radius 2 is 1.39 bits per heavy atom. The third kappa shape index (κ3) is 6.68. The second kappa shape index (κ2) is 13.4. The van der Waals surface area contributed by atoms with Crippen molar-refractivity contribution >= 4 is 23.1 Å². The Hall–Kier alpha value is -3.55. The van der Waals surface area contributed by atoms with Gasteiger partial charge in [-0.1, -0.05) is 35.9 Å². The van der Waals surface area contributed by atoms with Crippen LogP contribution in [-0.2, 0) is 18.0 Å². The first-order valence-electron chi connectivity index (χ1n) is 14.1. The first-order chi connectivity index (χ1) is 20.0. The molecule has 3 aliphatic heterocycles. The molecule has 7 nitrogen and oxygen atoms in total. The number of halogens is 1. The Morgan fingerprint density at radius 3 is 1.95 bits per heavy atom. The Balaban J connectivity index is 1.42. The van der Waals surface area contributed by atoms with Gasteiger partial charge in [0.05, 0.1) is 19.2 Å². The first kappa shape index (κ1) is 29.0. The van der Waals surface area contributed by atoms with E-state index in [0.717, 1.165) is 61.5 Å². The molecule has 3 fully saturated rings.